The molecule has 0 bridgehead atoms. The highest BCUT2D eigenvalue weighted by Gasteiger charge is 2.05. The third kappa shape index (κ3) is 4.97. The molecule has 25 heavy (non-hydrogen) atoms. The van der Waals surface area contributed by atoms with Gasteiger partial charge in [0.2, 0.25) is 0 Å². The first kappa shape index (κ1) is 17.8. The quantitative estimate of drug-likeness (QED) is 0.496. The van der Waals surface area contributed by atoms with Crippen LogP contribution in [0.1, 0.15) is 11.1 Å². The van der Waals surface area contributed by atoms with E-state index in [0.717, 1.165) is 21.3 Å². The van der Waals surface area contributed by atoms with Gasteiger partial charge in [-0.25, -0.2) is 4.39 Å². The number of benzene rings is 3. The molecule has 0 aliphatic rings. The minimum atomic E-state index is -0.263. The van der Waals surface area contributed by atoms with Gasteiger partial charge in [-0.2, -0.15) is 0 Å². The first-order valence-corrected chi connectivity index (χ1v) is 8.93. The van der Waals surface area contributed by atoms with Gasteiger partial charge in [0.15, 0.2) is 0 Å². The molecule has 3 aromatic carbocycles. The fraction of sp³-hybridized carbons (Fsp3) is 0.100. The molecule has 3 aromatic rings. The second-order valence-corrected chi connectivity index (χ2v) is 6.78. The van der Waals surface area contributed by atoms with Crippen LogP contribution in [0.15, 0.2) is 71.2 Å². The lowest BCUT2D eigenvalue weighted by Gasteiger charge is -2.12. The number of rotatable bonds is 6. The molecule has 0 aliphatic heterocycles. The van der Waals surface area contributed by atoms with Gasteiger partial charge in [-0.05, 0) is 63.5 Å². The lowest BCUT2D eigenvalue weighted by molar-refractivity contribution is 0.303. The van der Waals surface area contributed by atoms with E-state index in [2.05, 4.69) is 21.2 Å². The highest BCUT2D eigenvalue weighted by molar-refractivity contribution is 9.10. The zero-order valence-electron chi connectivity index (χ0n) is 13.3. The maximum atomic E-state index is 13.2. The van der Waals surface area contributed by atoms with Crippen LogP contribution in [0.3, 0.4) is 0 Å². The van der Waals surface area contributed by atoms with E-state index in [1.807, 2.05) is 48.5 Å². The Morgan fingerprint density at radius 3 is 2.56 bits per heavy atom. The van der Waals surface area contributed by atoms with Crippen molar-refractivity contribution in [1.82, 2.24) is 0 Å². The molecule has 0 saturated carbocycles. The number of hydrogen-bond acceptors (Lipinski definition) is 2. The first-order chi connectivity index (χ1) is 12.1. The average molecular weight is 421 g/mol. The van der Waals surface area contributed by atoms with Crippen LogP contribution in [0, 0.1) is 5.82 Å². The Bertz CT molecular complexity index is 872. The second-order valence-electron chi connectivity index (χ2n) is 5.52. The van der Waals surface area contributed by atoms with Gasteiger partial charge < -0.3 is 10.1 Å². The molecule has 0 heterocycles. The van der Waals surface area contributed by atoms with Crippen molar-refractivity contribution in [2.75, 3.05) is 5.32 Å². The van der Waals surface area contributed by atoms with Crippen LogP contribution in [0.2, 0.25) is 5.02 Å². The van der Waals surface area contributed by atoms with Crippen LogP contribution in [-0.4, -0.2) is 0 Å². The number of halogens is 3. The SMILES string of the molecule is Fc1cccc(COc2ccc(CNc3ccccc3Cl)cc2Br)c1. The summed E-state index contributed by atoms with van der Waals surface area (Å²) < 4.78 is 19.8. The largest absolute Gasteiger partial charge is 0.488 e. The highest BCUT2D eigenvalue weighted by Crippen LogP contribution is 2.28. The van der Waals surface area contributed by atoms with E-state index >= 15 is 0 Å². The van der Waals surface area contributed by atoms with E-state index in [4.69, 9.17) is 16.3 Å². The smallest absolute Gasteiger partial charge is 0.134 e. The fourth-order valence-corrected chi connectivity index (χ4v) is 3.10. The van der Waals surface area contributed by atoms with Crippen molar-refractivity contribution in [2.24, 2.45) is 0 Å². The lowest BCUT2D eigenvalue weighted by atomic mass is 10.2. The second kappa shape index (κ2) is 8.37. The van der Waals surface area contributed by atoms with Crippen molar-refractivity contribution in [1.29, 1.82) is 0 Å². The molecule has 1 N–H and O–H groups in total. The summed E-state index contributed by atoms with van der Waals surface area (Å²) in [6, 6.07) is 19.9. The topological polar surface area (TPSA) is 21.3 Å². The normalized spacial score (nSPS) is 10.5. The van der Waals surface area contributed by atoms with E-state index in [1.54, 1.807) is 6.07 Å². The number of nitrogens with one attached hydrogen (secondary N) is 1. The van der Waals surface area contributed by atoms with Gasteiger partial charge in [0.1, 0.15) is 18.2 Å². The van der Waals surface area contributed by atoms with Gasteiger partial charge in [0.25, 0.3) is 0 Å². The van der Waals surface area contributed by atoms with Crippen LogP contribution < -0.4 is 10.1 Å². The Morgan fingerprint density at radius 2 is 1.80 bits per heavy atom. The molecule has 0 fully saturated rings. The zero-order valence-corrected chi connectivity index (χ0v) is 15.6. The van der Waals surface area contributed by atoms with Gasteiger partial charge in [-0.15, -0.1) is 0 Å². The van der Waals surface area contributed by atoms with Crippen molar-refractivity contribution in [3.8, 4) is 5.75 Å². The average Bonchev–Trinajstić information content (AvgIpc) is 2.60. The number of ether oxygens (including phenoxy) is 1. The number of anilines is 1. The van der Waals surface area contributed by atoms with Crippen LogP contribution in [-0.2, 0) is 13.2 Å². The predicted octanol–water partition coefficient (Wildman–Crippen LogP) is 6.43. The summed E-state index contributed by atoms with van der Waals surface area (Å²) in [5, 5.41) is 4.00. The molecule has 0 amide bonds. The van der Waals surface area contributed by atoms with Gasteiger partial charge in [-0.1, -0.05) is 41.9 Å². The van der Waals surface area contributed by atoms with E-state index in [9.17, 15) is 4.39 Å². The van der Waals surface area contributed by atoms with Gasteiger partial charge >= 0.3 is 0 Å². The Kier molecular flexibility index (Phi) is 5.95. The fourth-order valence-electron chi connectivity index (χ4n) is 2.36. The van der Waals surface area contributed by atoms with E-state index in [0.29, 0.717) is 23.9 Å². The molecule has 0 atom stereocenters. The van der Waals surface area contributed by atoms with Gasteiger partial charge in [0, 0.05) is 6.54 Å². The Labute approximate surface area is 159 Å². The molecule has 0 aliphatic carbocycles. The van der Waals surface area contributed by atoms with Crippen LogP contribution in [0.5, 0.6) is 5.75 Å². The molecular formula is C20H16BrClFNO. The molecular weight excluding hydrogens is 405 g/mol. The van der Waals surface area contributed by atoms with E-state index in [1.165, 1.54) is 12.1 Å². The molecule has 3 rings (SSSR count). The first-order valence-electron chi connectivity index (χ1n) is 7.76. The zero-order chi connectivity index (χ0) is 17.6. The third-order valence-corrected chi connectivity index (χ3v) is 4.59. The van der Waals surface area contributed by atoms with Crippen LogP contribution in [0.4, 0.5) is 10.1 Å². The van der Waals surface area contributed by atoms with Gasteiger partial charge in [0.05, 0.1) is 15.2 Å². The van der Waals surface area contributed by atoms with Crippen molar-refractivity contribution in [3.05, 3.63) is 93.2 Å². The Morgan fingerprint density at radius 1 is 0.960 bits per heavy atom. The van der Waals surface area contributed by atoms with Crippen molar-refractivity contribution >= 4 is 33.2 Å². The molecule has 0 spiro atoms. The monoisotopic (exact) mass is 419 g/mol. The van der Waals surface area contributed by atoms with Crippen LogP contribution >= 0.6 is 27.5 Å². The Hall–Kier alpha value is -2.04. The summed E-state index contributed by atoms with van der Waals surface area (Å²) in [6.45, 7) is 0.958. The summed E-state index contributed by atoms with van der Waals surface area (Å²) in [5.41, 5.74) is 2.77. The molecule has 0 radical (unpaired) electrons. The maximum absolute atomic E-state index is 13.2. The Balaban J connectivity index is 1.61. The van der Waals surface area contributed by atoms with Crippen LogP contribution in [0.25, 0.3) is 0 Å². The lowest BCUT2D eigenvalue weighted by Crippen LogP contribution is -2.01. The summed E-state index contributed by atoms with van der Waals surface area (Å²) in [4.78, 5) is 0. The van der Waals surface area contributed by atoms with E-state index < -0.39 is 0 Å². The van der Waals surface area contributed by atoms with Crippen molar-refractivity contribution in [3.63, 3.8) is 0 Å². The molecule has 0 saturated heterocycles. The third-order valence-electron chi connectivity index (χ3n) is 3.64. The molecule has 0 aromatic heterocycles. The summed E-state index contributed by atoms with van der Waals surface area (Å²) in [7, 11) is 0. The summed E-state index contributed by atoms with van der Waals surface area (Å²) in [6.07, 6.45) is 0. The summed E-state index contributed by atoms with van der Waals surface area (Å²) >= 11 is 9.66. The molecule has 128 valence electrons. The van der Waals surface area contributed by atoms with Gasteiger partial charge in [-0.3, -0.25) is 0 Å². The minimum Gasteiger partial charge on any atom is -0.488 e. The molecule has 0 unspecified atom stereocenters. The predicted molar refractivity (Wildman–Crippen MR) is 104 cm³/mol. The van der Waals surface area contributed by atoms with Crippen molar-refractivity contribution in [2.45, 2.75) is 13.2 Å². The highest BCUT2D eigenvalue weighted by atomic mass is 79.9. The standard InChI is InChI=1S/C20H16BrClFNO/c21-17-11-14(12-24-19-7-2-1-6-18(19)22)8-9-20(17)25-13-15-4-3-5-16(23)10-15/h1-11,24H,12-13H2. The van der Waals surface area contributed by atoms with Crippen molar-refractivity contribution < 1.29 is 9.13 Å². The number of para-hydroxylation sites is 1. The maximum Gasteiger partial charge on any atom is 0.134 e. The molecule has 2 nitrogen and oxygen atoms in total. The minimum absolute atomic E-state index is 0.263. The van der Waals surface area contributed by atoms with E-state index in [-0.39, 0.29) is 5.82 Å². The molecule has 5 heteroatoms. The summed E-state index contributed by atoms with van der Waals surface area (Å²) in [5.74, 6) is 0.451. The number of hydrogen-bond donors (Lipinski definition) is 1.